The molecule has 4 aromatic rings. The van der Waals surface area contributed by atoms with Gasteiger partial charge in [-0.2, -0.15) is 4.57 Å². The summed E-state index contributed by atoms with van der Waals surface area (Å²) in [6, 6.07) is 25.2. The fourth-order valence-corrected chi connectivity index (χ4v) is 5.72. The Morgan fingerprint density at radius 2 is 1.66 bits per heavy atom. The van der Waals surface area contributed by atoms with Gasteiger partial charge in [-0.3, -0.25) is 4.90 Å². The molecule has 1 aliphatic heterocycles. The lowest BCUT2D eigenvalue weighted by Gasteiger charge is -2.39. The molecule has 5 nitrogen and oxygen atoms in total. The molecule has 6 heteroatoms. The van der Waals surface area contributed by atoms with E-state index in [0.717, 1.165) is 33.3 Å². The number of benzene rings is 3. The fraction of sp³-hybridized carbons (Fsp3) is 0.207. The van der Waals surface area contributed by atoms with Crippen molar-refractivity contribution in [2.24, 2.45) is 7.05 Å². The number of hydrogen-bond donors (Lipinski definition) is 2. The molecule has 0 radical (unpaired) electrons. The van der Waals surface area contributed by atoms with Gasteiger partial charge in [0.1, 0.15) is 17.6 Å². The highest BCUT2D eigenvalue weighted by molar-refractivity contribution is 7.18. The molecule has 5 rings (SSSR count). The van der Waals surface area contributed by atoms with Crippen molar-refractivity contribution in [2.75, 3.05) is 31.2 Å². The van der Waals surface area contributed by atoms with E-state index in [0.29, 0.717) is 13.1 Å². The van der Waals surface area contributed by atoms with Gasteiger partial charge in [-0.1, -0.05) is 53.8 Å². The summed E-state index contributed by atoms with van der Waals surface area (Å²) in [5.41, 5.74) is 6.82. The van der Waals surface area contributed by atoms with Gasteiger partial charge in [0, 0.05) is 36.5 Å². The molecule has 0 fully saturated rings. The zero-order chi connectivity index (χ0) is 24.4. The fourth-order valence-electron chi connectivity index (χ4n) is 4.64. The molecule has 178 valence electrons. The first-order valence-electron chi connectivity index (χ1n) is 11.8. The van der Waals surface area contributed by atoms with Gasteiger partial charge in [0.25, 0.3) is 5.01 Å². The first kappa shape index (κ1) is 23.3. The summed E-state index contributed by atoms with van der Waals surface area (Å²) in [6.07, 6.45) is 4.42. The monoisotopic (exact) mass is 484 g/mol. The standard InChI is InChI=1S/C29H30N3O2S/c1-21-12-13-27-26(18-21)30(2)29(35-27)20-22-19-28(31(14-16-33)15-17-34)32(23-8-4-3-5-9-23)25-11-7-6-10-24(22)25/h3-13,18-20,33-34H,14-17H2,1-2H3/q+1. The largest absolute Gasteiger partial charge is 0.395 e. The summed E-state index contributed by atoms with van der Waals surface area (Å²) in [5, 5.41) is 20.8. The van der Waals surface area contributed by atoms with E-state index in [9.17, 15) is 10.2 Å². The quantitative estimate of drug-likeness (QED) is 0.368. The minimum atomic E-state index is 0.00525. The van der Waals surface area contributed by atoms with E-state index < -0.39 is 0 Å². The number of allylic oxidation sites excluding steroid dienone is 2. The highest BCUT2D eigenvalue weighted by Crippen LogP contribution is 2.42. The number of aryl methyl sites for hydroxylation is 2. The molecule has 0 unspecified atom stereocenters. The van der Waals surface area contributed by atoms with E-state index in [2.05, 4.69) is 90.2 Å². The predicted molar refractivity (Wildman–Crippen MR) is 144 cm³/mol. The summed E-state index contributed by atoms with van der Waals surface area (Å²) in [5.74, 6) is 0.934. The number of anilines is 2. The van der Waals surface area contributed by atoms with E-state index >= 15 is 0 Å². The third-order valence-corrected chi connectivity index (χ3v) is 7.51. The molecule has 1 aliphatic rings. The van der Waals surface area contributed by atoms with Crippen LogP contribution in [0.3, 0.4) is 0 Å². The third kappa shape index (κ3) is 4.48. The summed E-state index contributed by atoms with van der Waals surface area (Å²) >= 11 is 1.78. The minimum Gasteiger partial charge on any atom is -0.395 e. The Hall–Kier alpha value is -3.45. The van der Waals surface area contributed by atoms with Crippen molar-refractivity contribution in [2.45, 2.75) is 6.92 Å². The lowest BCUT2D eigenvalue weighted by Crippen LogP contribution is -2.38. The molecule has 2 N–H and O–H groups in total. The van der Waals surface area contributed by atoms with Crippen LogP contribution in [0.2, 0.25) is 0 Å². The Bertz CT molecular complexity index is 1400. The van der Waals surface area contributed by atoms with Gasteiger partial charge in [-0.15, -0.1) is 0 Å². The number of para-hydroxylation sites is 2. The van der Waals surface area contributed by atoms with Crippen molar-refractivity contribution in [3.8, 4) is 0 Å². The summed E-state index contributed by atoms with van der Waals surface area (Å²) in [6.45, 7) is 3.00. The minimum absolute atomic E-state index is 0.00525. The topological polar surface area (TPSA) is 50.8 Å². The maximum absolute atomic E-state index is 9.80. The first-order valence-corrected chi connectivity index (χ1v) is 12.7. The average Bonchev–Trinajstić information content (AvgIpc) is 3.18. The maximum atomic E-state index is 9.80. The molecule has 2 heterocycles. The second-order valence-corrected chi connectivity index (χ2v) is 9.76. The highest BCUT2D eigenvalue weighted by Gasteiger charge is 2.28. The van der Waals surface area contributed by atoms with Crippen LogP contribution >= 0.6 is 11.3 Å². The van der Waals surface area contributed by atoms with Crippen LogP contribution in [0, 0.1) is 6.92 Å². The Morgan fingerprint density at radius 1 is 0.943 bits per heavy atom. The number of fused-ring (bicyclic) bond motifs is 2. The van der Waals surface area contributed by atoms with E-state index in [1.54, 1.807) is 11.3 Å². The number of rotatable bonds is 7. The molecule has 0 saturated heterocycles. The maximum Gasteiger partial charge on any atom is 0.263 e. The SMILES string of the molecule is Cc1ccc2sc(/C=C3/C=C(N(CCO)CCO)N(c4ccccc4)c4ccccc43)[n+](C)c2c1. The van der Waals surface area contributed by atoms with E-state index in [-0.39, 0.29) is 13.2 Å². The van der Waals surface area contributed by atoms with Crippen LogP contribution in [0.1, 0.15) is 16.1 Å². The lowest BCUT2D eigenvalue weighted by molar-refractivity contribution is -0.642. The van der Waals surface area contributed by atoms with E-state index in [4.69, 9.17) is 0 Å². The van der Waals surface area contributed by atoms with Gasteiger partial charge in [0.05, 0.1) is 18.9 Å². The van der Waals surface area contributed by atoms with Crippen LogP contribution in [0.4, 0.5) is 11.4 Å². The molecule has 0 saturated carbocycles. The van der Waals surface area contributed by atoms with Gasteiger partial charge >= 0.3 is 0 Å². The first-order chi connectivity index (χ1) is 17.1. The van der Waals surface area contributed by atoms with E-state index in [1.807, 2.05) is 23.1 Å². The van der Waals surface area contributed by atoms with Crippen LogP contribution in [0.5, 0.6) is 0 Å². The second-order valence-electron chi connectivity index (χ2n) is 8.70. The predicted octanol–water partition coefficient (Wildman–Crippen LogP) is 4.85. The van der Waals surface area contributed by atoms with Crippen molar-refractivity contribution in [1.29, 1.82) is 0 Å². The number of aromatic nitrogens is 1. The number of nitrogens with zero attached hydrogens (tertiary/aromatic N) is 3. The molecule has 35 heavy (non-hydrogen) atoms. The zero-order valence-electron chi connectivity index (χ0n) is 20.1. The molecule has 1 aromatic heterocycles. The van der Waals surface area contributed by atoms with Gasteiger partial charge in [0.15, 0.2) is 0 Å². The zero-order valence-corrected chi connectivity index (χ0v) is 20.9. The summed E-state index contributed by atoms with van der Waals surface area (Å²) in [7, 11) is 2.12. The van der Waals surface area contributed by atoms with Crippen molar-refractivity contribution in [3.63, 3.8) is 0 Å². The van der Waals surface area contributed by atoms with Crippen molar-refractivity contribution in [1.82, 2.24) is 4.90 Å². The number of thiazole rings is 1. The number of hydrogen-bond acceptors (Lipinski definition) is 5. The van der Waals surface area contributed by atoms with Crippen LogP contribution in [-0.4, -0.2) is 41.4 Å². The van der Waals surface area contributed by atoms with Gasteiger partial charge in [0.2, 0.25) is 5.52 Å². The summed E-state index contributed by atoms with van der Waals surface area (Å²) in [4.78, 5) is 4.26. The molecule has 0 atom stereocenters. The van der Waals surface area contributed by atoms with E-state index in [1.165, 1.54) is 15.8 Å². The number of aliphatic hydroxyl groups is 2. The second kappa shape index (κ2) is 10.0. The van der Waals surface area contributed by atoms with Crippen molar-refractivity contribution < 1.29 is 14.8 Å². The molecular weight excluding hydrogens is 454 g/mol. The Labute approximate surface area is 210 Å². The van der Waals surface area contributed by atoms with Crippen molar-refractivity contribution >= 4 is 44.6 Å². The Balaban J connectivity index is 1.72. The summed E-state index contributed by atoms with van der Waals surface area (Å²) < 4.78 is 3.50. The van der Waals surface area contributed by atoms with Crippen LogP contribution < -0.4 is 9.47 Å². The normalized spacial score (nSPS) is 14.3. The highest BCUT2D eigenvalue weighted by atomic mass is 32.1. The number of aliphatic hydroxyl groups excluding tert-OH is 2. The molecule has 0 bridgehead atoms. The van der Waals surface area contributed by atoms with Crippen molar-refractivity contribution in [3.05, 3.63) is 101 Å². The van der Waals surface area contributed by atoms with Crippen LogP contribution in [-0.2, 0) is 7.05 Å². The van der Waals surface area contributed by atoms with Gasteiger partial charge in [-0.05, 0) is 48.4 Å². The molecule has 0 amide bonds. The lowest BCUT2D eigenvalue weighted by atomic mass is 9.97. The van der Waals surface area contributed by atoms with Crippen LogP contribution in [0.25, 0.3) is 21.9 Å². The Morgan fingerprint density at radius 3 is 2.40 bits per heavy atom. The van der Waals surface area contributed by atoms with Crippen LogP contribution in [0.15, 0.2) is 84.7 Å². The molecule has 0 aliphatic carbocycles. The smallest absolute Gasteiger partial charge is 0.263 e. The van der Waals surface area contributed by atoms with Gasteiger partial charge in [-0.25, -0.2) is 0 Å². The molecule has 0 spiro atoms. The third-order valence-electron chi connectivity index (χ3n) is 6.35. The average molecular weight is 485 g/mol. The van der Waals surface area contributed by atoms with Gasteiger partial charge < -0.3 is 15.1 Å². The molecular formula is C29H30N3O2S+. The molecule has 3 aromatic carbocycles. The Kier molecular flexibility index (Phi) is 6.68.